The Morgan fingerprint density at radius 3 is 2.82 bits per heavy atom. The maximum absolute atomic E-state index is 11.7. The van der Waals surface area contributed by atoms with Gasteiger partial charge in [0.2, 0.25) is 0 Å². The summed E-state index contributed by atoms with van der Waals surface area (Å²) in [7, 11) is 0. The highest BCUT2D eigenvalue weighted by Gasteiger charge is 2.11. The molecule has 3 N–H and O–H groups in total. The molecule has 1 rings (SSSR count). The van der Waals surface area contributed by atoms with Gasteiger partial charge < -0.3 is 15.5 Å². The molecule has 0 aliphatic rings. The van der Waals surface area contributed by atoms with Gasteiger partial charge >= 0.3 is 0 Å². The molecule has 0 spiro atoms. The third kappa shape index (κ3) is 4.19. The predicted molar refractivity (Wildman–Crippen MR) is 69.7 cm³/mol. The zero-order chi connectivity index (χ0) is 12.8. The van der Waals surface area contributed by atoms with Crippen molar-refractivity contribution in [3.8, 4) is 11.5 Å². The lowest BCUT2D eigenvalue weighted by Gasteiger charge is -2.10. The van der Waals surface area contributed by atoms with E-state index < -0.39 is 0 Å². The number of hydrogen-bond acceptors (Lipinski definition) is 4. The number of rotatable bonds is 5. The van der Waals surface area contributed by atoms with Gasteiger partial charge in [0.05, 0.1) is 5.56 Å². The van der Waals surface area contributed by atoms with Gasteiger partial charge in [-0.2, -0.15) is 11.8 Å². The molecule has 0 fully saturated rings. The van der Waals surface area contributed by atoms with Crippen LogP contribution in [0.4, 0.5) is 0 Å². The summed E-state index contributed by atoms with van der Waals surface area (Å²) in [6.45, 7) is 2.64. The highest BCUT2D eigenvalue weighted by molar-refractivity contribution is 7.99. The number of carbonyl (C=O) groups is 1. The fourth-order valence-electron chi connectivity index (χ4n) is 1.31. The van der Waals surface area contributed by atoms with E-state index in [1.165, 1.54) is 18.2 Å². The third-order valence-corrected chi connectivity index (χ3v) is 3.50. The lowest BCUT2D eigenvalue weighted by molar-refractivity contribution is 0.0950. The summed E-state index contributed by atoms with van der Waals surface area (Å²) in [5.74, 6) is -0.532. The minimum Gasteiger partial charge on any atom is -0.508 e. The molecule has 0 saturated heterocycles. The van der Waals surface area contributed by atoms with E-state index in [2.05, 4.69) is 12.2 Å². The molecule has 94 valence electrons. The van der Waals surface area contributed by atoms with Crippen LogP contribution in [0.1, 0.15) is 23.7 Å². The monoisotopic (exact) mass is 255 g/mol. The quantitative estimate of drug-likeness (QED) is 0.704. The minimum atomic E-state index is -0.369. The Bertz CT molecular complexity index is 395. The lowest BCUT2D eigenvalue weighted by atomic mass is 10.1. The van der Waals surface area contributed by atoms with E-state index in [1.807, 2.05) is 6.26 Å². The van der Waals surface area contributed by atoms with Crippen molar-refractivity contribution >= 4 is 17.7 Å². The highest BCUT2D eigenvalue weighted by Crippen LogP contribution is 2.21. The first-order chi connectivity index (χ1) is 8.04. The first-order valence-corrected chi connectivity index (χ1v) is 6.66. The number of thioether (sulfide) groups is 1. The molecule has 1 aromatic rings. The van der Waals surface area contributed by atoms with Gasteiger partial charge in [-0.1, -0.05) is 6.92 Å². The minimum absolute atomic E-state index is 0.0366. The zero-order valence-corrected chi connectivity index (χ0v) is 10.8. The van der Waals surface area contributed by atoms with E-state index >= 15 is 0 Å². The van der Waals surface area contributed by atoms with E-state index in [1.54, 1.807) is 11.8 Å². The lowest BCUT2D eigenvalue weighted by Crippen LogP contribution is -2.26. The van der Waals surface area contributed by atoms with Crippen molar-refractivity contribution < 1.29 is 15.0 Å². The molecule has 17 heavy (non-hydrogen) atoms. The molecule has 0 aromatic heterocycles. The standard InChI is InChI=1S/C12H17NO3S/c1-8(17-2)5-6-13-12(16)10-7-9(14)3-4-11(10)15/h3-4,7-8,14-15H,5-6H2,1-2H3,(H,13,16). The number of carbonyl (C=O) groups excluding carboxylic acids is 1. The van der Waals surface area contributed by atoms with E-state index in [-0.39, 0.29) is 23.0 Å². The highest BCUT2D eigenvalue weighted by atomic mass is 32.2. The van der Waals surface area contributed by atoms with Gasteiger partial charge in [-0.15, -0.1) is 0 Å². The van der Waals surface area contributed by atoms with Crippen LogP contribution < -0.4 is 5.32 Å². The van der Waals surface area contributed by atoms with Crippen molar-refractivity contribution in [3.63, 3.8) is 0 Å². The van der Waals surface area contributed by atoms with Crippen molar-refractivity contribution in [1.29, 1.82) is 0 Å². The van der Waals surface area contributed by atoms with Crippen LogP contribution in [0.25, 0.3) is 0 Å². The van der Waals surface area contributed by atoms with E-state index in [9.17, 15) is 15.0 Å². The molecule has 0 heterocycles. The van der Waals surface area contributed by atoms with Crippen molar-refractivity contribution in [2.45, 2.75) is 18.6 Å². The molecule has 1 unspecified atom stereocenters. The Balaban J connectivity index is 2.55. The normalized spacial score (nSPS) is 12.1. The van der Waals surface area contributed by atoms with Crippen LogP contribution in [-0.4, -0.2) is 34.2 Å². The molecule has 1 atom stereocenters. The smallest absolute Gasteiger partial charge is 0.255 e. The second-order valence-corrected chi connectivity index (χ2v) is 5.07. The number of phenolic OH excluding ortho intramolecular Hbond substituents is 2. The molecular formula is C12H17NO3S. The van der Waals surface area contributed by atoms with Gasteiger partial charge in [0, 0.05) is 11.8 Å². The number of aromatic hydroxyl groups is 2. The molecule has 1 aromatic carbocycles. The zero-order valence-electron chi connectivity index (χ0n) is 9.93. The summed E-state index contributed by atoms with van der Waals surface area (Å²) in [6.07, 6.45) is 2.89. The number of phenols is 2. The van der Waals surface area contributed by atoms with Gasteiger partial charge in [-0.25, -0.2) is 0 Å². The maximum atomic E-state index is 11.7. The van der Waals surface area contributed by atoms with E-state index in [0.29, 0.717) is 11.8 Å². The van der Waals surface area contributed by atoms with Crippen LogP contribution in [0.5, 0.6) is 11.5 Å². The Labute approximate surface area is 105 Å². The van der Waals surface area contributed by atoms with Crippen LogP contribution in [0.15, 0.2) is 18.2 Å². The number of hydrogen-bond donors (Lipinski definition) is 3. The maximum Gasteiger partial charge on any atom is 0.255 e. The summed E-state index contributed by atoms with van der Waals surface area (Å²) in [5.41, 5.74) is 0.0989. The molecule has 5 heteroatoms. The molecule has 0 bridgehead atoms. The second kappa shape index (κ2) is 6.39. The molecule has 0 saturated carbocycles. The van der Waals surface area contributed by atoms with Gasteiger partial charge in [0.25, 0.3) is 5.91 Å². The van der Waals surface area contributed by atoms with Crippen LogP contribution in [0.2, 0.25) is 0 Å². The summed E-state index contributed by atoms with van der Waals surface area (Å²) in [5, 5.41) is 21.9. The van der Waals surface area contributed by atoms with E-state index in [0.717, 1.165) is 6.42 Å². The summed E-state index contributed by atoms with van der Waals surface area (Å²) in [6, 6.07) is 3.89. The summed E-state index contributed by atoms with van der Waals surface area (Å²) < 4.78 is 0. The Morgan fingerprint density at radius 1 is 1.47 bits per heavy atom. The molecule has 0 aliphatic heterocycles. The van der Waals surface area contributed by atoms with Gasteiger partial charge in [-0.3, -0.25) is 4.79 Å². The molecule has 0 aliphatic carbocycles. The topological polar surface area (TPSA) is 69.6 Å². The molecular weight excluding hydrogens is 238 g/mol. The fourth-order valence-corrected chi connectivity index (χ4v) is 1.66. The van der Waals surface area contributed by atoms with Crippen LogP contribution in [0.3, 0.4) is 0 Å². The molecule has 0 radical (unpaired) electrons. The van der Waals surface area contributed by atoms with Crippen LogP contribution in [-0.2, 0) is 0 Å². The number of benzene rings is 1. The van der Waals surface area contributed by atoms with Crippen molar-refractivity contribution in [2.75, 3.05) is 12.8 Å². The van der Waals surface area contributed by atoms with Crippen molar-refractivity contribution in [1.82, 2.24) is 5.32 Å². The first kappa shape index (κ1) is 13.7. The molecule has 1 amide bonds. The fraction of sp³-hybridized carbons (Fsp3) is 0.417. The Morgan fingerprint density at radius 2 is 2.18 bits per heavy atom. The number of amides is 1. The first-order valence-electron chi connectivity index (χ1n) is 5.37. The largest absolute Gasteiger partial charge is 0.508 e. The SMILES string of the molecule is CSC(C)CCNC(=O)c1cc(O)ccc1O. The Kier molecular flexibility index (Phi) is 5.15. The van der Waals surface area contributed by atoms with Gasteiger partial charge in [-0.05, 0) is 30.9 Å². The average Bonchev–Trinajstić information content (AvgIpc) is 2.31. The van der Waals surface area contributed by atoms with Gasteiger partial charge in [0.1, 0.15) is 11.5 Å². The van der Waals surface area contributed by atoms with E-state index in [4.69, 9.17) is 0 Å². The summed E-state index contributed by atoms with van der Waals surface area (Å²) in [4.78, 5) is 11.7. The van der Waals surface area contributed by atoms with Crippen LogP contribution in [0, 0.1) is 0 Å². The summed E-state index contributed by atoms with van der Waals surface area (Å²) >= 11 is 1.74. The average molecular weight is 255 g/mol. The van der Waals surface area contributed by atoms with Crippen molar-refractivity contribution in [3.05, 3.63) is 23.8 Å². The predicted octanol–water partition coefficient (Wildman–Crippen LogP) is 1.97. The third-order valence-electron chi connectivity index (χ3n) is 2.46. The van der Waals surface area contributed by atoms with Crippen LogP contribution >= 0.6 is 11.8 Å². The molecule has 4 nitrogen and oxygen atoms in total. The second-order valence-electron chi connectivity index (χ2n) is 3.79. The Hall–Kier alpha value is -1.36. The van der Waals surface area contributed by atoms with Crippen molar-refractivity contribution in [2.24, 2.45) is 0 Å². The number of nitrogens with one attached hydrogen (secondary N) is 1. The van der Waals surface area contributed by atoms with Gasteiger partial charge in [0.15, 0.2) is 0 Å².